The normalized spacial score (nSPS) is 19.6. The van der Waals surface area contributed by atoms with Crippen LogP contribution < -0.4 is 4.72 Å². The molecule has 0 amide bonds. The summed E-state index contributed by atoms with van der Waals surface area (Å²) in [7, 11) is -1.41. The van der Waals surface area contributed by atoms with Gasteiger partial charge in [-0.2, -0.15) is 5.10 Å². The number of hydrogen-bond acceptors (Lipinski definition) is 4. The Morgan fingerprint density at radius 3 is 2.77 bits per heavy atom. The molecule has 3 rings (SSSR count). The summed E-state index contributed by atoms with van der Waals surface area (Å²) in [6.45, 7) is 2.80. The molecule has 1 aromatic carbocycles. The van der Waals surface area contributed by atoms with Crippen molar-refractivity contribution in [2.24, 2.45) is 5.92 Å². The lowest BCUT2D eigenvalue weighted by atomic mass is 10.1. The number of hydrogen-bond donors (Lipinski definition) is 1. The highest BCUT2D eigenvalue weighted by molar-refractivity contribution is 7.89. The van der Waals surface area contributed by atoms with Crippen LogP contribution in [0.25, 0.3) is 0 Å². The minimum Gasteiger partial charge on any atom is -0.300 e. The number of sulfonamides is 1. The van der Waals surface area contributed by atoms with Crippen molar-refractivity contribution in [2.75, 3.05) is 20.1 Å². The second-order valence-electron chi connectivity index (χ2n) is 5.73. The number of aromatic nitrogens is 2. The number of benzene rings is 1. The molecule has 1 aliphatic rings. The SMILES string of the molecule is CN1Cc2ccnn2CC(CNS(=O)(=O)c2ccccc2)C1. The Kier molecular flexibility index (Phi) is 4.28. The molecule has 1 aliphatic heterocycles. The number of fused-ring (bicyclic) bond motifs is 1. The molecule has 7 heteroatoms. The van der Waals surface area contributed by atoms with Crippen LogP contribution in [0.2, 0.25) is 0 Å². The Hall–Kier alpha value is -1.70. The topological polar surface area (TPSA) is 67.2 Å². The number of nitrogens with zero attached hydrogens (tertiary/aromatic N) is 3. The Bertz CT molecular complexity index is 727. The molecule has 0 fully saturated rings. The van der Waals surface area contributed by atoms with Gasteiger partial charge in [0.1, 0.15) is 0 Å². The van der Waals surface area contributed by atoms with E-state index >= 15 is 0 Å². The smallest absolute Gasteiger partial charge is 0.240 e. The molecule has 0 saturated heterocycles. The van der Waals surface area contributed by atoms with Crippen molar-refractivity contribution in [3.8, 4) is 0 Å². The molecule has 0 bridgehead atoms. The molecule has 0 aliphatic carbocycles. The summed E-state index contributed by atoms with van der Waals surface area (Å²) in [5, 5.41) is 4.32. The lowest BCUT2D eigenvalue weighted by Gasteiger charge is -2.20. The zero-order valence-corrected chi connectivity index (χ0v) is 13.3. The molecule has 22 heavy (non-hydrogen) atoms. The summed E-state index contributed by atoms with van der Waals surface area (Å²) < 4.78 is 29.3. The van der Waals surface area contributed by atoms with Crippen molar-refractivity contribution in [3.05, 3.63) is 48.3 Å². The first kappa shape index (κ1) is 15.2. The minimum absolute atomic E-state index is 0.185. The molecule has 0 spiro atoms. The van der Waals surface area contributed by atoms with Crippen LogP contribution in [0.5, 0.6) is 0 Å². The summed E-state index contributed by atoms with van der Waals surface area (Å²) in [6, 6.07) is 10.5. The summed E-state index contributed by atoms with van der Waals surface area (Å²) in [6.07, 6.45) is 1.79. The van der Waals surface area contributed by atoms with Gasteiger partial charge in [0.25, 0.3) is 0 Å². The van der Waals surface area contributed by atoms with Gasteiger partial charge in [0.2, 0.25) is 10.0 Å². The Balaban J connectivity index is 1.69. The van der Waals surface area contributed by atoms with E-state index in [1.165, 1.54) is 0 Å². The van der Waals surface area contributed by atoms with Crippen molar-refractivity contribution >= 4 is 10.0 Å². The average molecular weight is 320 g/mol. The van der Waals surface area contributed by atoms with Gasteiger partial charge >= 0.3 is 0 Å². The van der Waals surface area contributed by atoms with Crippen molar-refractivity contribution in [1.82, 2.24) is 19.4 Å². The third-order valence-electron chi connectivity index (χ3n) is 3.85. The highest BCUT2D eigenvalue weighted by atomic mass is 32.2. The lowest BCUT2D eigenvalue weighted by molar-refractivity contribution is 0.275. The second-order valence-corrected chi connectivity index (χ2v) is 7.50. The van der Waals surface area contributed by atoms with Gasteiger partial charge in [-0.05, 0) is 25.2 Å². The van der Waals surface area contributed by atoms with E-state index in [4.69, 9.17) is 0 Å². The van der Waals surface area contributed by atoms with E-state index in [-0.39, 0.29) is 5.92 Å². The van der Waals surface area contributed by atoms with E-state index in [0.717, 1.165) is 25.3 Å². The van der Waals surface area contributed by atoms with E-state index in [2.05, 4.69) is 14.7 Å². The zero-order valence-electron chi connectivity index (χ0n) is 12.5. The van der Waals surface area contributed by atoms with E-state index < -0.39 is 10.0 Å². The van der Waals surface area contributed by atoms with E-state index in [1.54, 1.807) is 36.5 Å². The molecule has 1 N–H and O–H groups in total. The molecule has 118 valence electrons. The Morgan fingerprint density at radius 2 is 2.00 bits per heavy atom. The first-order valence-electron chi connectivity index (χ1n) is 7.28. The van der Waals surface area contributed by atoms with Crippen LogP contribution in [0.15, 0.2) is 47.5 Å². The Labute approximate surface area is 130 Å². The fraction of sp³-hybridized carbons (Fsp3) is 0.400. The quantitative estimate of drug-likeness (QED) is 0.910. The largest absolute Gasteiger partial charge is 0.300 e. The standard InChI is InChI=1S/C15H20N4O2S/c1-18-10-13(11-19-14(12-18)7-8-16-19)9-17-22(20,21)15-5-3-2-4-6-15/h2-8,13,17H,9-12H2,1H3. The molecule has 1 atom stereocenters. The van der Waals surface area contributed by atoms with Gasteiger partial charge in [0.05, 0.1) is 10.6 Å². The monoisotopic (exact) mass is 320 g/mol. The first-order valence-corrected chi connectivity index (χ1v) is 8.77. The molecule has 0 saturated carbocycles. The van der Waals surface area contributed by atoms with Gasteiger partial charge in [-0.1, -0.05) is 18.2 Å². The van der Waals surface area contributed by atoms with Crippen molar-refractivity contribution in [3.63, 3.8) is 0 Å². The molecular weight excluding hydrogens is 300 g/mol. The lowest BCUT2D eigenvalue weighted by Crippen LogP contribution is -2.35. The molecule has 1 unspecified atom stereocenters. The third-order valence-corrected chi connectivity index (χ3v) is 5.29. The molecule has 1 aromatic heterocycles. The van der Waals surface area contributed by atoms with Gasteiger partial charge < -0.3 is 4.90 Å². The molecule has 2 heterocycles. The van der Waals surface area contributed by atoms with Crippen LogP contribution >= 0.6 is 0 Å². The molecule has 0 radical (unpaired) electrons. The average Bonchev–Trinajstić information content (AvgIpc) is 2.86. The van der Waals surface area contributed by atoms with Crippen LogP contribution in [0.4, 0.5) is 0 Å². The van der Waals surface area contributed by atoms with Gasteiger partial charge in [-0.25, -0.2) is 13.1 Å². The predicted molar refractivity (Wildman–Crippen MR) is 83.7 cm³/mol. The van der Waals surface area contributed by atoms with Crippen LogP contribution in [-0.4, -0.2) is 43.2 Å². The number of rotatable bonds is 4. The first-order chi connectivity index (χ1) is 10.5. The van der Waals surface area contributed by atoms with Crippen molar-refractivity contribution in [2.45, 2.75) is 18.0 Å². The van der Waals surface area contributed by atoms with Crippen LogP contribution in [0, 0.1) is 5.92 Å². The van der Waals surface area contributed by atoms with Crippen LogP contribution in [-0.2, 0) is 23.1 Å². The molecule has 2 aromatic rings. The third kappa shape index (κ3) is 3.37. The second kappa shape index (κ2) is 6.20. The van der Waals surface area contributed by atoms with Gasteiger partial charge in [0, 0.05) is 38.3 Å². The maximum Gasteiger partial charge on any atom is 0.240 e. The minimum atomic E-state index is -3.45. The van der Waals surface area contributed by atoms with Gasteiger partial charge in [0.15, 0.2) is 0 Å². The maximum atomic E-state index is 12.3. The molecular formula is C15H20N4O2S. The Morgan fingerprint density at radius 1 is 1.23 bits per heavy atom. The van der Waals surface area contributed by atoms with Crippen molar-refractivity contribution in [1.29, 1.82) is 0 Å². The summed E-state index contributed by atoms with van der Waals surface area (Å²) in [5.74, 6) is 0.185. The van der Waals surface area contributed by atoms with Gasteiger partial charge in [-0.15, -0.1) is 0 Å². The highest BCUT2D eigenvalue weighted by Crippen LogP contribution is 2.15. The fourth-order valence-corrected chi connectivity index (χ4v) is 3.92. The van der Waals surface area contributed by atoms with Crippen LogP contribution in [0.3, 0.4) is 0 Å². The predicted octanol–water partition coefficient (Wildman–Crippen LogP) is 0.923. The number of nitrogens with one attached hydrogen (secondary N) is 1. The molecule has 6 nitrogen and oxygen atoms in total. The summed E-state index contributed by atoms with van der Waals surface area (Å²) >= 11 is 0. The van der Waals surface area contributed by atoms with E-state index in [1.807, 2.05) is 17.8 Å². The highest BCUT2D eigenvalue weighted by Gasteiger charge is 2.22. The van der Waals surface area contributed by atoms with E-state index in [0.29, 0.717) is 11.4 Å². The summed E-state index contributed by atoms with van der Waals surface area (Å²) in [5.41, 5.74) is 1.16. The maximum absolute atomic E-state index is 12.3. The summed E-state index contributed by atoms with van der Waals surface area (Å²) in [4.78, 5) is 2.50. The van der Waals surface area contributed by atoms with E-state index in [9.17, 15) is 8.42 Å². The van der Waals surface area contributed by atoms with Gasteiger partial charge in [-0.3, -0.25) is 4.68 Å². The fourth-order valence-electron chi connectivity index (χ4n) is 2.78. The van der Waals surface area contributed by atoms with Crippen molar-refractivity contribution < 1.29 is 8.42 Å². The van der Waals surface area contributed by atoms with Crippen LogP contribution in [0.1, 0.15) is 5.69 Å². The zero-order chi connectivity index (χ0) is 15.6.